The highest BCUT2D eigenvalue weighted by Crippen LogP contribution is 2.64. The van der Waals surface area contributed by atoms with Gasteiger partial charge in [-0.1, -0.05) is 117 Å². The lowest BCUT2D eigenvalue weighted by molar-refractivity contribution is 0.666. The monoisotopic (exact) mass is 674 g/mol. The minimum Gasteiger partial charge on any atom is -0.117 e. The Morgan fingerprint density at radius 2 is 0.906 bits per heavy atom. The van der Waals surface area contributed by atoms with Crippen LogP contribution in [0, 0.1) is 0 Å². The molecular formula is C24H36Br2S6. The number of alkyl halides is 2. The van der Waals surface area contributed by atoms with E-state index < -0.39 is 0 Å². The Labute approximate surface area is 239 Å². The minimum atomic E-state index is 1.15. The van der Waals surface area contributed by atoms with Crippen molar-refractivity contribution < 1.29 is 0 Å². The molecular weight excluding hydrogens is 640 g/mol. The zero-order valence-electron chi connectivity index (χ0n) is 18.9. The van der Waals surface area contributed by atoms with E-state index in [0.717, 1.165) is 10.7 Å². The molecule has 0 atom stereocenters. The van der Waals surface area contributed by atoms with Gasteiger partial charge in [-0.25, -0.2) is 0 Å². The summed E-state index contributed by atoms with van der Waals surface area (Å²) in [4.78, 5) is 3.40. The number of thioether (sulfide) groups is 6. The number of hydrogen-bond acceptors (Lipinski definition) is 6. The van der Waals surface area contributed by atoms with Crippen molar-refractivity contribution in [2.45, 2.75) is 89.9 Å². The zero-order chi connectivity index (χ0) is 22.4. The number of halogens is 2. The normalized spacial score (nSPS) is 20.4. The van der Waals surface area contributed by atoms with Gasteiger partial charge < -0.3 is 0 Å². The molecule has 0 aromatic rings. The lowest BCUT2D eigenvalue weighted by Crippen LogP contribution is -1.87. The maximum atomic E-state index is 3.58. The molecule has 0 bridgehead atoms. The molecule has 0 aromatic carbocycles. The van der Waals surface area contributed by atoms with Crippen LogP contribution in [0.2, 0.25) is 0 Å². The van der Waals surface area contributed by atoms with Crippen LogP contribution < -0.4 is 0 Å². The molecule has 0 spiro atoms. The second kappa shape index (κ2) is 17.7. The van der Waals surface area contributed by atoms with Crippen LogP contribution in [0.4, 0.5) is 0 Å². The predicted molar refractivity (Wildman–Crippen MR) is 169 cm³/mol. The first-order chi connectivity index (χ1) is 15.8. The summed E-state index contributed by atoms with van der Waals surface area (Å²) in [7, 11) is 0. The first-order valence-electron chi connectivity index (χ1n) is 12.1. The van der Waals surface area contributed by atoms with E-state index in [9.17, 15) is 0 Å². The Kier molecular flexibility index (Phi) is 15.9. The second-order valence-electron chi connectivity index (χ2n) is 8.22. The lowest BCUT2D eigenvalue weighted by Gasteiger charge is -2.07. The van der Waals surface area contributed by atoms with Crippen molar-refractivity contribution in [1.29, 1.82) is 0 Å². The summed E-state index contributed by atoms with van der Waals surface area (Å²) in [6, 6.07) is 0. The minimum absolute atomic E-state index is 1.15. The summed E-state index contributed by atoms with van der Waals surface area (Å²) in [5, 5.41) is 2.30. The summed E-state index contributed by atoms with van der Waals surface area (Å²) >= 11 is 19.8. The van der Waals surface area contributed by atoms with E-state index in [0.29, 0.717) is 0 Å². The number of allylic oxidation sites excluding steroid dienone is 2. The molecule has 0 saturated heterocycles. The second-order valence-corrected chi connectivity index (χ2v) is 17.3. The van der Waals surface area contributed by atoms with E-state index in [4.69, 9.17) is 0 Å². The van der Waals surface area contributed by atoms with Crippen molar-refractivity contribution in [2.24, 2.45) is 0 Å². The third kappa shape index (κ3) is 10.3. The maximum Gasteiger partial charge on any atom is 0.0717 e. The summed E-state index contributed by atoms with van der Waals surface area (Å²) in [5.41, 5.74) is 0. The standard InChI is InChI=1S/C24H36Br2S6/c25-15-9-3-1-7-13-19-20(14-8-2-4-10-16-26)30-23(29-19)24-31-21-22(32-24)28-18-12-6-5-11-17-27-21/h1-18H2. The topological polar surface area (TPSA) is 0 Å². The summed E-state index contributed by atoms with van der Waals surface area (Å²) < 4.78 is 6.38. The maximum absolute atomic E-state index is 3.58. The number of unbranched alkanes of at least 4 members (excludes halogenated alkanes) is 6. The molecule has 0 unspecified atom stereocenters. The first-order valence-corrected chi connectivity index (χ1v) is 19.6. The van der Waals surface area contributed by atoms with Gasteiger partial charge in [-0.15, -0.1) is 23.5 Å². The molecule has 3 rings (SSSR count). The molecule has 0 fully saturated rings. The Morgan fingerprint density at radius 3 is 1.38 bits per heavy atom. The van der Waals surface area contributed by atoms with Gasteiger partial charge in [0, 0.05) is 20.5 Å². The summed E-state index contributed by atoms with van der Waals surface area (Å²) in [5.74, 6) is 2.60. The van der Waals surface area contributed by atoms with Gasteiger partial charge in [-0.2, -0.15) is 0 Å². The van der Waals surface area contributed by atoms with Crippen molar-refractivity contribution in [3.8, 4) is 0 Å². The van der Waals surface area contributed by atoms with Crippen molar-refractivity contribution in [2.75, 3.05) is 22.2 Å². The van der Waals surface area contributed by atoms with E-state index in [1.165, 1.54) is 101 Å². The third-order valence-electron chi connectivity index (χ3n) is 5.53. The quantitative estimate of drug-likeness (QED) is 0.148. The average molecular weight is 677 g/mol. The van der Waals surface area contributed by atoms with Crippen LogP contribution in [-0.4, -0.2) is 22.2 Å². The van der Waals surface area contributed by atoms with Crippen LogP contribution in [0.15, 0.2) is 26.8 Å². The summed E-state index contributed by atoms with van der Waals surface area (Å²) in [6.07, 6.45) is 19.0. The van der Waals surface area contributed by atoms with Crippen molar-refractivity contribution in [3.05, 3.63) is 26.8 Å². The van der Waals surface area contributed by atoms with Crippen molar-refractivity contribution in [1.82, 2.24) is 0 Å². The van der Waals surface area contributed by atoms with Gasteiger partial charge in [0.15, 0.2) is 0 Å². The van der Waals surface area contributed by atoms with Gasteiger partial charge in [-0.3, -0.25) is 0 Å². The molecule has 3 heterocycles. The van der Waals surface area contributed by atoms with Gasteiger partial charge >= 0.3 is 0 Å². The molecule has 0 aliphatic carbocycles. The van der Waals surface area contributed by atoms with E-state index in [-0.39, 0.29) is 0 Å². The Balaban J connectivity index is 1.59. The molecule has 0 radical (unpaired) electrons. The van der Waals surface area contributed by atoms with E-state index in [2.05, 4.69) is 102 Å². The Morgan fingerprint density at radius 1 is 0.469 bits per heavy atom. The highest BCUT2D eigenvalue weighted by atomic mass is 79.9. The fourth-order valence-corrected chi connectivity index (χ4v) is 13.7. The molecule has 0 saturated carbocycles. The van der Waals surface area contributed by atoms with Gasteiger partial charge in [0.25, 0.3) is 0 Å². The van der Waals surface area contributed by atoms with Crippen LogP contribution in [0.1, 0.15) is 89.9 Å². The third-order valence-corrected chi connectivity index (χ3v) is 15.7. The number of hydrogen-bond donors (Lipinski definition) is 0. The molecule has 0 aromatic heterocycles. The molecule has 8 heteroatoms. The molecule has 182 valence electrons. The van der Waals surface area contributed by atoms with Gasteiger partial charge in [0.1, 0.15) is 0 Å². The van der Waals surface area contributed by atoms with E-state index in [1.54, 1.807) is 26.8 Å². The van der Waals surface area contributed by atoms with E-state index in [1.807, 2.05) is 0 Å². The highest BCUT2D eigenvalue weighted by molar-refractivity contribution is 9.09. The van der Waals surface area contributed by atoms with E-state index >= 15 is 0 Å². The molecule has 32 heavy (non-hydrogen) atoms. The Hall–Kier alpha value is 2.28. The lowest BCUT2D eigenvalue weighted by atomic mass is 10.1. The largest absolute Gasteiger partial charge is 0.117 e. The molecule has 3 aliphatic heterocycles. The predicted octanol–water partition coefficient (Wildman–Crippen LogP) is 12.1. The van der Waals surface area contributed by atoms with Gasteiger partial charge in [0.05, 0.1) is 16.9 Å². The number of rotatable bonds is 12. The van der Waals surface area contributed by atoms with Crippen molar-refractivity contribution in [3.63, 3.8) is 0 Å². The zero-order valence-corrected chi connectivity index (χ0v) is 27.0. The van der Waals surface area contributed by atoms with Gasteiger partial charge in [-0.05, 0) is 62.9 Å². The van der Waals surface area contributed by atoms with Crippen LogP contribution in [-0.2, 0) is 0 Å². The van der Waals surface area contributed by atoms with Crippen LogP contribution in [0.5, 0.6) is 0 Å². The fraction of sp³-hybridized carbons (Fsp3) is 0.750. The molecule has 3 aliphatic rings. The van der Waals surface area contributed by atoms with Crippen molar-refractivity contribution >= 4 is 102 Å². The molecule has 0 nitrogen and oxygen atoms in total. The molecule has 0 N–H and O–H groups in total. The fourth-order valence-electron chi connectivity index (χ4n) is 3.71. The summed E-state index contributed by atoms with van der Waals surface area (Å²) in [6.45, 7) is 0. The van der Waals surface area contributed by atoms with Gasteiger partial charge in [0.2, 0.25) is 0 Å². The molecule has 0 amide bonds. The Bertz CT molecular complexity index is 621. The smallest absolute Gasteiger partial charge is 0.0717 e. The highest BCUT2D eigenvalue weighted by Gasteiger charge is 2.30. The SMILES string of the molecule is BrCCCCCCC1=C(CCCCCCBr)SC(=C2SC3=C(SCCCCCCS3)S2)S1. The average Bonchev–Trinajstić information content (AvgIpc) is 3.40. The first kappa shape index (κ1) is 28.8. The van der Waals surface area contributed by atoms with Crippen LogP contribution >= 0.6 is 102 Å². The van der Waals surface area contributed by atoms with Crippen LogP contribution in [0.3, 0.4) is 0 Å². The van der Waals surface area contributed by atoms with Crippen LogP contribution in [0.25, 0.3) is 0 Å².